The third kappa shape index (κ3) is 3.09. The van der Waals surface area contributed by atoms with E-state index in [4.69, 9.17) is 0 Å². The second-order valence-electron chi connectivity index (χ2n) is 5.89. The Hall–Kier alpha value is -2.67. The smallest absolute Gasteiger partial charge is 0.255 e. The van der Waals surface area contributed by atoms with Crippen LogP contribution < -0.4 is 5.56 Å². The molecule has 4 nitrogen and oxygen atoms in total. The first-order valence-corrected chi connectivity index (χ1v) is 6.61. The van der Waals surface area contributed by atoms with E-state index in [-0.39, 0.29) is 16.9 Å². The van der Waals surface area contributed by atoms with E-state index >= 15 is 0 Å². The third-order valence-corrected chi connectivity index (χ3v) is 3.13. The van der Waals surface area contributed by atoms with Crippen molar-refractivity contribution in [3.63, 3.8) is 0 Å². The number of nitriles is 1. The van der Waals surface area contributed by atoms with Gasteiger partial charge in [0, 0.05) is 16.5 Å². The van der Waals surface area contributed by atoms with Crippen LogP contribution in [0.2, 0.25) is 0 Å². The van der Waals surface area contributed by atoms with Gasteiger partial charge >= 0.3 is 0 Å². The SMILES string of the molecule is CC(C)(C)C(=O)C(C#N)=Cc1cc2ccccc2[nH]c1=O. The molecule has 0 saturated carbocycles. The first-order valence-electron chi connectivity index (χ1n) is 6.61. The van der Waals surface area contributed by atoms with Crippen LogP contribution >= 0.6 is 0 Å². The first-order chi connectivity index (χ1) is 9.82. The summed E-state index contributed by atoms with van der Waals surface area (Å²) in [6.45, 7) is 5.22. The van der Waals surface area contributed by atoms with Crippen molar-refractivity contribution in [2.75, 3.05) is 0 Å². The quantitative estimate of drug-likeness (QED) is 0.678. The standard InChI is InChI=1S/C17H16N2O2/c1-17(2,3)15(20)13(10-18)9-12-8-11-6-4-5-7-14(11)19-16(12)21/h4-9H,1-3H3,(H,19,21). The number of Topliss-reactive ketones (excluding diaryl/α,β-unsaturated/α-hetero) is 1. The molecular formula is C17H16N2O2. The van der Waals surface area contributed by atoms with Crippen LogP contribution in [0.3, 0.4) is 0 Å². The van der Waals surface area contributed by atoms with E-state index < -0.39 is 5.41 Å². The molecule has 0 amide bonds. The number of carbonyl (C=O) groups excluding carboxylic acids is 1. The Morgan fingerprint density at radius 1 is 1.29 bits per heavy atom. The maximum atomic E-state index is 12.2. The lowest BCUT2D eigenvalue weighted by atomic mass is 9.86. The number of H-pyrrole nitrogens is 1. The number of aromatic amines is 1. The monoisotopic (exact) mass is 280 g/mol. The van der Waals surface area contributed by atoms with Gasteiger partial charge in [0.1, 0.15) is 6.07 Å². The zero-order valence-electron chi connectivity index (χ0n) is 12.2. The van der Waals surface area contributed by atoms with E-state index in [0.29, 0.717) is 5.56 Å². The molecule has 1 N–H and O–H groups in total. The molecule has 0 radical (unpaired) electrons. The number of carbonyl (C=O) groups is 1. The lowest BCUT2D eigenvalue weighted by Gasteiger charge is -2.15. The van der Waals surface area contributed by atoms with Gasteiger partial charge in [-0.25, -0.2) is 0 Å². The molecule has 1 aromatic heterocycles. The Balaban J connectivity index is 2.58. The number of hydrogen-bond donors (Lipinski definition) is 1. The van der Waals surface area contributed by atoms with Crippen molar-refractivity contribution in [2.24, 2.45) is 5.41 Å². The van der Waals surface area contributed by atoms with Gasteiger partial charge in [-0.15, -0.1) is 0 Å². The number of benzene rings is 1. The summed E-state index contributed by atoms with van der Waals surface area (Å²) in [5.41, 5.74) is 0.0418. The normalized spacial score (nSPS) is 12.2. The predicted octanol–water partition coefficient (Wildman–Crippen LogP) is 3.05. The van der Waals surface area contributed by atoms with Crippen molar-refractivity contribution < 1.29 is 4.79 Å². The number of nitrogens with zero attached hydrogens (tertiary/aromatic N) is 1. The molecule has 0 aliphatic heterocycles. The summed E-state index contributed by atoms with van der Waals surface area (Å²) in [7, 11) is 0. The Morgan fingerprint density at radius 3 is 2.57 bits per heavy atom. The number of pyridine rings is 1. The van der Waals surface area contributed by atoms with Gasteiger partial charge < -0.3 is 4.98 Å². The highest BCUT2D eigenvalue weighted by Crippen LogP contribution is 2.21. The van der Waals surface area contributed by atoms with E-state index in [0.717, 1.165) is 10.9 Å². The molecule has 0 bridgehead atoms. The van der Waals surface area contributed by atoms with Crippen molar-refractivity contribution in [2.45, 2.75) is 20.8 Å². The van der Waals surface area contributed by atoms with Gasteiger partial charge in [-0.1, -0.05) is 39.0 Å². The van der Waals surface area contributed by atoms with E-state index in [1.54, 1.807) is 32.9 Å². The van der Waals surface area contributed by atoms with E-state index in [2.05, 4.69) is 4.98 Å². The van der Waals surface area contributed by atoms with Gasteiger partial charge in [0.15, 0.2) is 5.78 Å². The summed E-state index contributed by atoms with van der Waals surface area (Å²) in [5, 5.41) is 10.0. The average Bonchev–Trinajstić information content (AvgIpc) is 2.43. The number of aromatic nitrogens is 1. The first kappa shape index (κ1) is 14.7. The third-order valence-electron chi connectivity index (χ3n) is 3.13. The molecule has 0 fully saturated rings. The molecule has 0 unspecified atom stereocenters. The van der Waals surface area contributed by atoms with Crippen LogP contribution in [0.25, 0.3) is 17.0 Å². The highest BCUT2D eigenvalue weighted by Gasteiger charge is 2.25. The maximum Gasteiger partial charge on any atom is 0.255 e. The minimum absolute atomic E-state index is 0.0109. The fraction of sp³-hybridized carbons (Fsp3) is 0.235. The van der Waals surface area contributed by atoms with Crippen LogP contribution in [0, 0.1) is 16.7 Å². The number of nitrogens with one attached hydrogen (secondary N) is 1. The predicted molar refractivity (Wildman–Crippen MR) is 82.6 cm³/mol. The van der Waals surface area contributed by atoms with Crippen LogP contribution in [0.1, 0.15) is 26.3 Å². The molecule has 2 rings (SSSR count). The number of hydrogen-bond acceptors (Lipinski definition) is 3. The van der Waals surface area contributed by atoms with Crippen molar-refractivity contribution in [3.8, 4) is 6.07 Å². The largest absolute Gasteiger partial charge is 0.321 e. The maximum absolute atomic E-state index is 12.2. The average molecular weight is 280 g/mol. The van der Waals surface area contributed by atoms with Crippen LogP contribution in [-0.2, 0) is 4.79 Å². The van der Waals surface area contributed by atoms with Gasteiger partial charge in [-0.05, 0) is 23.6 Å². The summed E-state index contributed by atoms with van der Waals surface area (Å²) in [4.78, 5) is 27.0. The van der Waals surface area contributed by atoms with Crippen molar-refractivity contribution >= 4 is 22.8 Å². The van der Waals surface area contributed by atoms with Crippen LogP contribution in [-0.4, -0.2) is 10.8 Å². The lowest BCUT2D eigenvalue weighted by molar-refractivity contribution is -0.121. The van der Waals surface area contributed by atoms with Gasteiger partial charge in [-0.2, -0.15) is 5.26 Å². The highest BCUT2D eigenvalue weighted by atomic mass is 16.1. The molecule has 106 valence electrons. The summed E-state index contributed by atoms with van der Waals surface area (Å²) in [6.07, 6.45) is 1.36. The van der Waals surface area contributed by atoms with Crippen LogP contribution in [0.5, 0.6) is 0 Å². The Bertz CT molecular complexity index is 830. The molecule has 4 heteroatoms. The highest BCUT2D eigenvalue weighted by molar-refractivity contribution is 6.06. The fourth-order valence-corrected chi connectivity index (χ4v) is 1.98. The van der Waals surface area contributed by atoms with Gasteiger partial charge in [0.05, 0.1) is 5.57 Å². The van der Waals surface area contributed by atoms with Crippen LogP contribution in [0.4, 0.5) is 0 Å². The molecule has 21 heavy (non-hydrogen) atoms. The summed E-state index contributed by atoms with van der Waals surface area (Å²) >= 11 is 0. The molecule has 0 atom stereocenters. The van der Waals surface area contributed by atoms with Gasteiger partial charge in [0.2, 0.25) is 0 Å². The van der Waals surface area contributed by atoms with Crippen molar-refractivity contribution in [1.82, 2.24) is 4.98 Å². The van der Waals surface area contributed by atoms with E-state index in [1.807, 2.05) is 24.3 Å². The number of ketones is 1. The number of allylic oxidation sites excluding steroid dienone is 1. The number of fused-ring (bicyclic) bond motifs is 1. The molecule has 1 aromatic carbocycles. The summed E-state index contributed by atoms with van der Waals surface area (Å²) < 4.78 is 0. The number of para-hydroxylation sites is 1. The topological polar surface area (TPSA) is 73.7 Å². The minimum Gasteiger partial charge on any atom is -0.321 e. The molecule has 0 aliphatic rings. The number of rotatable bonds is 2. The van der Waals surface area contributed by atoms with Crippen LogP contribution in [0.15, 0.2) is 40.7 Å². The zero-order valence-corrected chi connectivity index (χ0v) is 12.2. The van der Waals surface area contributed by atoms with Gasteiger partial charge in [0.25, 0.3) is 5.56 Å². The minimum atomic E-state index is -0.662. The zero-order chi connectivity index (χ0) is 15.6. The Kier molecular flexibility index (Phi) is 3.77. The summed E-state index contributed by atoms with van der Waals surface area (Å²) in [6, 6.07) is 10.9. The second kappa shape index (κ2) is 5.37. The summed E-state index contributed by atoms with van der Waals surface area (Å²) in [5.74, 6) is -0.280. The lowest BCUT2D eigenvalue weighted by Crippen LogP contribution is -2.22. The Labute approximate surface area is 122 Å². The Morgan fingerprint density at radius 2 is 1.95 bits per heavy atom. The fourth-order valence-electron chi connectivity index (χ4n) is 1.98. The molecule has 0 aliphatic carbocycles. The second-order valence-corrected chi connectivity index (χ2v) is 5.89. The molecule has 2 aromatic rings. The van der Waals surface area contributed by atoms with E-state index in [1.165, 1.54) is 6.08 Å². The molecule has 0 saturated heterocycles. The van der Waals surface area contributed by atoms with Crippen molar-refractivity contribution in [1.29, 1.82) is 5.26 Å². The molecule has 0 spiro atoms. The molecule has 1 heterocycles. The van der Waals surface area contributed by atoms with Gasteiger partial charge in [-0.3, -0.25) is 9.59 Å². The molecular weight excluding hydrogens is 264 g/mol. The van der Waals surface area contributed by atoms with Crippen molar-refractivity contribution in [3.05, 3.63) is 51.8 Å². The van der Waals surface area contributed by atoms with E-state index in [9.17, 15) is 14.9 Å².